The SMILES string of the molecule is CCC(CNC(C)(C)C)(CC1CCCO1)c1ccccc1. The summed E-state index contributed by atoms with van der Waals surface area (Å²) in [6, 6.07) is 11.0. The molecular formula is C19H31NO. The van der Waals surface area contributed by atoms with Crippen LogP contribution in [0.4, 0.5) is 0 Å². The number of ether oxygens (including phenoxy) is 1. The van der Waals surface area contributed by atoms with Crippen LogP contribution in [0.3, 0.4) is 0 Å². The van der Waals surface area contributed by atoms with Gasteiger partial charge in [0.05, 0.1) is 6.10 Å². The third kappa shape index (κ3) is 4.55. The van der Waals surface area contributed by atoms with Gasteiger partial charge >= 0.3 is 0 Å². The predicted molar refractivity (Wildman–Crippen MR) is 89.8 cm³/mol. The topological polar surface area (TPSA) is 21.3 Å². The first-order valence-electron chi connectivity index (χ1n) is 8.37. The van der Waals surface area contributed by atoms with E-state index in [0.29, 0.717) is 6.10 Å². The minimum atomic E-state index is 0.145. The molecule has 0 aromatic heterocycles. The maximum Gasteiger partial charge on any atom is 0.0585 e. The van der Waals surface area contributed by atoms with E-state index < -0.39 is 0 Å². The van der Waals surface area contributed by atoms with Crippen molar-refractivity contribution in [2.75, 3.05) is 13.2 Å². The van der Waals surface area contributed by atoms with Gasteiger partial charge in [-0.05, 0) is 52.0 Å². The number of rotatable bonds is 6. The summed E-state index contributed by atoms with van der Waals surface area (Å²) in [4.78, 5) is 0. The number of nitrogens with one attached hydrogen (secondary N) is 1. The van der Waals surface area contributed by atoms with E-state index in [-0.39, 0.29) is 11.0 Å². The van der Waals surface area contributed by atoms with Gasteiger partial charge < -0.3 is 10.1 Å². The van der Waals surface area contributed by atoms with Gasteiger partial charge in [0.15, 0.2) is 0 Å². The van der Waals surface area contributed by atoms with Gasteiger partial charge in [-0.3, -0.25) is 0 Å². The van der Waals surface area contributed by atoms with E-state index in [2.05, 4.69) is 63.3 Å². The Hall–Kier alpha value is -0.860. The minimum Gasteiger partial charge on any atom is -0.378 e. The highest BCUT2D eigenvalue weighted by atomic mass is 16.5. The first-order valence-corrected chi connectivity index (χ1v) is 8.37. The highest BCUT2D eigenvalue weighted by molar-refractivity contribution is 5.26. The summed E-state index contributed by atoms with van der Waals surface area (Å²) >= 11 is 0. The highest BCUT2D eigenvalue weighted by Crippen LogP contribution is 2.36. The van der Waals surface area contributed by atoms with Crippen LogP contribution in [0.1, 0.15) is 58.9 Å². The molecule has 1 N–H and O–H groups in total. The molecule has 1 aliphatic heterocycles. The lowest BCUT2D eigenvalue weighted by molar-refractivity contribution is 0.0785. The van der Waals surface area contributed by atoms with Gasteiger partial charge in [-0.15, -0.1) is 0 Å². The molecule has 0 saturated carbocycles. The van der Waals surface area contributed by atoms with Gasteiger partial charge in [0.25, 0.3) is 0 Å². The molecule has 0 spiro atoms. The minimum absolute atomic E-state index is 0.145. The standard InChI is InChI=1S/C19H31NO/c1-5-19(15-20-18(2,3)4,14-17-12-9-13-21-17)16-10-7-6-8-11-16/h6-8,10-11,17,20H,5,9,12-15H2,1-4H3. The first-order chi connectivity index (χ1) is 9.95. The van der Waals surface area contributed by atoms with E-state index in [9.17, 15) is 0 Å². The summed E-state index contributed by atoms with van der Waals surface area (Å²) in [5, 5.41) is 3.73. The molecule has 1 aromatic rings. The van der Waals surface area contributed by atoms with Crippen molar-refractivity contribution in [3.8, 4) is 0 Å². The summed E-state index contributed by atoms with van der Waals surface area (Å²) in [5.74, 6) is 0. The number of hydrogen-bond donors (Lipinski definition) is 1. The summed E-state index contributed by atoms with van der Waals surface area (Å²) in [7, 11) is 0. The molecule has 0 bridgehead atoms. The van der Waals surface area contributed by atoms with Crippen LogP contribution in [0.15, 0.2) is 30.3 Å². The third-order valence-electron chi connectivity index (χ3n) is 4.66. The van der Waals surface area contributed by atoms with Crippen molar-refractivity contribution in [2.45, 2.75) is 70.4 Å². The zero-order chi connectivity index (χ0) is 15.3. The normalized spacial score (nSPS) is 22.2. The van der Waals surface area contributed by atoms with Crippen LogP contribution in [-0.2, 0) is 10.2 Å². The number of hydrogen-bond acceptors (Lipinski definition) is 2. The zero-order valence-corrected chi connectivity index (χ0v) is 14.1. The summed E-state index contributed by atoms with van der Waals surface area (Å²) in [6.45, 7) is 11.0. The van der Waals surface area contributed by atoms with E-state index in [1.165, 1.54) is 18.4 Å². The monoisotopic (exact) mass is 289 g/mol. The smallest absolute Gasteiger partial charge is 0.0585 e. The second kappa shape index (κ2) is 6.93. The summed E-state index contributed by atoms with van der Waals surface area (Å²) in [6.07, 6.45) is 5.11. The van der Waals surface area contributed by atoms with Gasteiger partial charge in [0.2, 0.25) is 0 Å². The molecule has 1 aliphatic rings. The third-order valence-corrected chi connectivity index (χ3v) is 4.66. The van der Waals surface area contributed by atoms with Crippen molar-refractivity contribution in [2.24, 2.45) is 0 Å². The fraction of sp³-hybridized carbons (Fsp3) is 0.684. The molecule has 0 aliphatic carbocycles. The van der Waals surface area contributed by atoms with Crippen LogP contribution >= 0.6 is 0 Å². The Balaban J connectivity index is 2.21. The van der Waals surface area contributed by atoms with Crippen molar-refractivity contribution in [1.82, 2.24) is 5.32 Å². The lowest BCUT2D eigenvalue weighted by atomic mass is 9.73. The molecule has 2 unspecified atom stereocenters. The molecule has 1 heterocycles. The average Bonchev–Trinajstić information content (AvgIpc) is 2.96. The lowest BCUT2D eigenvalue weighted by Gasteiger charge is -2.38. The van der Waals surface area contributed by atoms with Crippen LogP contribution in [-0.4, -0.2) is 24.8 Å². The van der Waals surface area contributed by atoms with Crippen molar-refractivity contribution in [3.05, 3.63) is 35.9 Å². The first kappa shape index (κ1) is 16.5. The fourth-order valence-corrected chi connectivity index (χ4v) is 3.23. The van der Waals surface area contributed by atoms with Crippen LogP contribution < -0.4 is 5.32 Å². The van der Waals surface area contributed by atoms with E-state index in [1.807, 2.05) is 0 Å². The Bertz CT molecular complexity index is 417. The molecule has 2 atom stereocenters. The van der Waals surface area contributed by atoms with Gasteiger partial charge in [-0.2, -0.15) is 0 Å². The maximum atomic E-state index is 5.94. The molecule has 21 heavy (non-hydrogen) atoms. The van der Waals surface area contributed by atoms with Crippen LogP contribution in [0, 0.1) is 0 Å². The van der Waals surface area contributed by atoms with Crippen molar-refractivity contribution < 1.29 is 4.74 Å². The quantitative estimate of drug-likeness (QED) is 0.843. The largest absolute Gasteiger partial charge is 0.378 e. The molecule has 1 fully saturated rings. The Morgan fingerprint density at radius 3 is 2.43 bits per heavy atom. The molecule has 1 aromatic carbocycles. The predicted octanol–water partition coefficient (Wildman–Crippen LogP) is 4.29. The van der Waals surface area contributed by atoms with Gasteiger partial charge in [0.1, 0.15) is 0 Å². The molecule has 2 nitrogen and oxygen atoms in total. The lowest BCUT2D eigenvalue weighted by Crippen LogP contribution is -2.47. The van der Waals surface area contributed by atoms with Crippen molar-refractivity contribution in [1.29, 1.82) is 0 Å². The molecule has 118 valence electrons. The Labute approximate surface area is 130 Å². The molecule has 2 heteroatoms. The van der Waals surface area contributed by atoms with E-state index >= 15 is 0 Å². The highest BCUT2D eigenvalue weighted by Gasteiger charge is 2.35. The van der Waals surface area contributed by atoms with Gasteiger partial charge in [-0.1, -0.05) is 37.3 Å². The number of benzene rings is 1. The van der Waals surface area contributed by atoms with E-state index in [4.69, 9.17) is 4.74 Å². The molecule has 2 rings (SSSR count). The second-order valence-electron chi connectivity index (χ2n) is 7.44. The zero-order valence-electron chi connectivity index (χ0n) is 14.1. The Morgan fingerprint density at radius 1 is 1.19 bits per heavy atom. The van der Waals surface area contributed by atoms with Crippen molar-refractivity contribution in [3.63, 3.8) is 0 Å². The molecular weight excluding hydrogens is 258 g/mol. The van der Waals surface area contributed by atoms with Crippen LogP contribution in [0.25, 0.3) is 0 Å². The second-order valence-corrected chi connectivity index (χ2v) is 7.44. The van der Waals surface area contributed by atoms with Gasteiger partial charge in [-0.25, -0.2) is 0 Å². The van der Waals surface area contributed by atoms with Crippen LogP contribution in [0.2, 0.25) is 0 Å². The molecule has 0 amide bonds. The maximum absolute atomic E-state index is 5.94. The van der Waals surface area contributed by atoms with Crippen LogP contribution in [0.5, 0.6) is 0 Å². The Morgan fingerprint density at radius 2 is 1.90 bits per heavy atom. The molecule has 0 radical (unpaired) electrons. The summed E-state index contributed by atoms with van der Waals surface area (Å²) in [5.41, 5.74) is 1.76. The summed E-state index contributed by atoms with van der Waals surface area (Å²) < 4.78 is 5.94. The van der Waals surface area contributed by atoms with E-state index in [0.717, 1.165) is 26.0 Å². The van der Waals surface area contributed by atoms with Gasteiger partial charge in [0, 0.05) is 24.1 Å². The van der Waals surface area contributed by atoms with Crippen molar-refractivity contribution >= 4 is 0 Å². The fourth-order valence-electron chi connectivity index (χ4n) is 3.23. The molecule has 1 saturated heterocycles. The Kier molecular flexibility index (Phi) is 5.45. The van der Waals surface area contributed by atoms with E-state index in [1.54, 1.807) is 0 Å². The average molecular weight is 289 g/mol.